The van der Waals surface area contributed by atoms with Crippen LogP contribution in [0.3, 0.4) is 0 Å². The topological polar surface area (TPSA) is 115 Å². The maximum absolute atomic E-state index is 13.8. The van der Waals surface area contributed by atoms with E-state index in [1.54, 1.807) is 12.1 Å². The second-order valence-corrected chi connectivity index (χ2v) is 12.8. The highest BCUT2D eigenvalue weighted by Crippen LogP contribution is 2.39. The molecule has 1 saturated carbocycles. The lowest BCUT2D eigenvalue weighted by molar-refractivity contribution is 0.0661. The van der Waals surface area contributed by atoms with Crippen molar-refractivity contribution in [3.05, 3.63) is 36.0 Å². The third-order valence-corrected chi connectivity index (χ3v) is 8.94. The third kappa shape index (κ3) is 5.15. The molecule has 1 saturated heterocycles. The molecule has 2 aromatic heterocycles. The number of carbonyl (C=O) groups is 1. The number of pyridine rings is 2. The Morgan fingerprint density at radius 2 is 1.80 bits per heavy atom. The Morgan fingerprint density at radius 1 is 1.11 bits per heavy atom. The lowest BCUT2D eigenvalue weighted by atomic mass is 9.97. The molecule has 1 atom stereocenters. The fraction of sp³-hybridized carbons (Fsp3) is 0.577. The summed E-state index contributed by atoms with van der Waals surface area (Å²) >= 11 is 0. The number of sulfone groups is 1. The molecule has 1 amide bonds. The minimum Gasteiger partial charge on any atom is -0.471 e. The lowest BCUT2D eigenvalue weighted by Crippen LogP contribution is -2.40. The quantitative estimate of drug-likeness (QED) is 0.580. The van der Waals surface area contributed by atoms with Gasteiger partial charge >= 0.3 is 0 Å². The number of amides is 1. The lowest BCUT2D eigenvalue weighted by Gasteiger charge is -2.33. The fourth-order valence-electron chi connectivity index (χ4n) is 5.60. The highest BCUT2D eigenvalue weighted by Gasteiger charge is 2.40. The molecule has 0 aromatic carbocycles. The normalized spacial score (nSPS) is 21.9. The van der Waals surface area contributed by atoms with Gasteiger partial charge in [-0.25, -0.2) is 18.4 Å². The first-order valence-corrected chi connectivity index (χ1v) is 13.9. The van der Waals surface area contributed by atoms with E-state index in [-0.39, 0.29) is 32.5 Å². The van der Waals surface area contributed by atoms with E-state index in [0.717, 1.165) is 32.1 Å². The van der Waals surface area contributed by atoms with Crippen LogP contribution in [0, 0.1) is 5.92 Å². The SMILES string of the molecule is CC1CN(c2nccc(S(=O)(=O)c3cccc(OC4(C)CCCCCC4)n3)c2C(N)=O)C(C)(C)C1. The highest BCUT2D eigenvalue weighted by atomic mass is 32.2. The van der Waals surface area contributed by atoms with Gasteiger partial charge in [-0.15, -0.1) is 0 Å². The summed E-state index contributed by atoms with van der Waals surface area (Å²) in [5, 5.41) is -0.180. The van der Waals surface area contributed by atoms with Gasteiger partial charge in [0.1, 0.15) is 17.0 Å². The van der Waals surface area contributed by atoms with E-state index in [9.17, 15) is 13.2 Å². The Hall–Kier alpha value is -2.68. The van der Waals surface area contributed by atoms with Crippen molar-refractivity contribution in [2.24, 2.45) is 11.7 Å². The first kappa shape index (κ1) is 25.4. The molecular weight excluding hydrogens is 464 g/mol. The van der Waals surface area contributed by atoms with Crippen LogP contribution in [-0.2, 0) is 9.84 Å². The van der Waals surface area contributed by atoms with Gasteiger partial charge < -0.3 is 15.4 Å². The molecular formula is C26H36N4O4S. The standard InChI is InChI=1S/C26H36N4O4S/c1-18-16-25(2,3)30(17-18)24-22(23(27)31)19(12-15-28-24)35(32,33)21-11-9-10-20(29-21)34-26(4)13-7-5-6-8-14-26/h9-12,15,18H,5-8,13-14,16-17H2,1-4H3,(H2,27,31). The summed E-state index contributed by atoms with van der Waals surface area (Å²) in [7, 11) is -4.17. The molecule has 2 N–H and O–H groups in total. The van der Waals surface area contributed by atoms with E-state index in [1.807, 2.05) is 4.90 Å². The summed E-state index contributed by atoms with van der Waals surface area (Å²) in [5.41, 5.74) is 4.98. The van der Waals surface area contributed by atoms with Gasteiger partial charge in [-0.1, -0.05) is 25.8 Å². The van der Waals surface area contributed by atoms with Crippen LogP contribution in [0.5, 0.6) is 5.88 Å². The number of ether oxygens (including phenoxy) is 1. The Kier molecular flexibility index (Phi) is 6.83. The summed E-state index contributed by atoms with van der Waals surface area (Å²) in [6, 6.07) is 6.04. The van der Waals surface area contributed by atoms with Gasteiger partial charge in [-0.2, -0.15) is 0 Å². The van der Waals surface area contributed by atoms with Crippen LogP contribution in [0.1, 0.15) is 83.0 Å². The molecule has 2 aliphatic rings. The predicted octanol–water partition coefficient (Wildman–Crippen LogP) is 4.52. The Bertz CT molecular complexity index is 1200. The molecule has 190 valence electrons. The minimum atomic E-state index is -4.17. The van der Waals surface area contributed by atoms with E-state index in [4.69, 9.17) is 10.5 Å². The average Bonchev–Trinajstić information content (AvgIpc) is 2.92. The van der Waals surface area contributed by atoms with Crippen LogP contribution >= 0.6 is 0 Å². The molecule has 4 rings (SSSR count). The van der Waals surface area contributed by atoms with Crippen LogP contribution in [0.2, 0.25) is 0 Å². The maximum Gasteiger partial charge on any atom is 0.253 e. The summed E-state index contributed by atoms with van der Waals surface area (Å²) in [6.07, 6.45) is 8.60. The molecule has 8 nitrogen and oxygen atoms in total. The van der Waals surface area contributed by atoms with Crippen LogP contribution in [-0.4, -0.2) is 42.0 Å². The number of nitrogens with two attached hydrogens (primary N) is 1. The first-order chi connectivity index (χ1) is 16.4. The predicted molar refractivity (Wildman–Crippen MR) is 134 cm³/mol. The molecule has 0 radical (unpaired) electrons. The number of hydrogen-bond acceptors (Lipinski definition) is 7. The van der Waals surface area contributed by atoms with E-state index in [2.05, 4.69) is 37.7 Å². The maximum atomic E-state index is 13.8. The van der Waals surface area contributed by atoms with Gasteiger partial charge in [0.05, 0.1) is 4.90 Å². The van der Waals surface area contributed by atoms with E-state index in [0.29, 0.717) is 18.3 Å². The number of hydrogen-bond donors (Lipinski definition) is 1. The number of rotatable bonds is 6. The number of anilines is 1. The van der Waals surface area contributed by atoms with E-state index >= 15 is 0 Å². The highest BCUT2D eigenvalue weighted by molar-refractivity contribution is 7.91. The number of carbonyl (C=O) groups excluding carboxylic acids is 1. The number of aromatic nitrogens is 2. The second-order valence-electron chi connectivity index (χ2n) is 10.9. The molecule has 1 aliphatic carbocycles. The number of nitrogens with zero attached hydrogens (tertiary/aromatic N) is 3. The summed E-state index contributed by atoms with van der Waals surface area (Å²) < 4.78 is 33.7. The summed E-state index contributed by atoms with van der Waals surface area (Å²) in [5.74, 6) is 0.0974. The Balaban J connectivity index is 1.74. The average molecular weight is 501 g/mol. The Morgan fingerprint density at radius 3 is 2.40 bits per heavy atom. The van der Waals surface area contributed by atoms with Crippen molar-refractivity contribution in [2.75, 3.05) is 11.4 Å². The monoisotopic (exact) mass is 500 g/mol. The van der Waals surface area contributed by atoms with Crippen molar-refractivity contribution in [3.63, 3.8) is 0 Å². The van der Waals surface area contributed by atoms with Gasteiger partial charge in [0.2, 0.25) is 15.7 Å². The zero-order chi connectivity index (χ0) is 25.4. The molecule has 1 aliphatic heterocycles. The van der Waals surface area contributed by atoms with E-state index < -0.39 is 15.7 Å². The van der Waals surface area contributed by atoms with Crippen molar-refractivity contribution < 1.29 is 17.9 Å². The van der Waals surface area contributed by atoms with Gasteiger partial charge in [0.25, 0.3) is 5.91 Å². The van der Waals surface area contributed by atoms with Crippen LogP contribution in [0.25, 0.3) is 0 Å². The molecule has 1 unspecified atom stereocenters. The zero-order valence-electron chi connectivity index (χ0n) is 21.1. The smallest absolute Gasteiger partial charge is 0.253 e. The van der Waals surface area contributed by atoms with Gasteiger partial charge in [0.15, 0.2) is 5.03 Å². The molecule has 0 spiro atoms. The Labute approximate surface area is 208 Å². The van der Waals surface area contributed by atoms with Crippen LogP contribution < -0.4 is 15.4 Å². The molecule has 35 heavy (non-hydrogen) atoms. The van der Waals surface area contributed by atoms with Crippen molar-refractivity contribution >= 4 is 21.6 Å². The molecule has 3 heterocycles. The molecule has 2 aromatic rings. The third-order valence-electron chi connectivity index (χ3n) is 7.24. The van der Waals surface area contributed by atoms with Crippen LogP contribution in [0.4, 0.5) is 5.82 Å². The second kappa shape index (κ2) is 9.41. The van der Waals surface area contributed by atoms with Gasteiger partial charge in [0, 0.05) is 24.3 Å². The van der Waals surface area contributed by atoms with Gasteiger partial charge in [-0.3, -0.25) is 4.79 Å². The van der Waals surface area contributed by atoms with Crippen molar-refractivity contribution in [3.8, 4) is 5.88 Å². The molecule has 9 heteroatoms. The van der Waals surface area contributed by atoms with E-state index in [1.165, 1.54) is 31.2 Å². The van der Waals surface area contributed by atoms with Crippen molar-refractivity contribution in [1.82, 2.24) is 9.97 Å². The van der Waals surface area contributed by atoms with Crippen LogP contribution in [0.15, 0.2) is 40.4 Å². The first-order valence-electron chi connectivity index (χ1n) is 12.4. The summed E-state index contributed by atoms with van der Waals surface area (Å²) in [6.45, 7) is 8.95. The fourth-order valence-corrected chi connectivity index (χ4v) is 6.99. The minimum absolute atomic E-state index is 0.0986. The van der Waals surface area contributed by atoms with Crippen molar-refractivity contribution in [2.45, 2.75) is 93.7 Å². The molecule has 0 bridgehead atoms. The molecule has 2 fully saturated rings. The zero-order valence-corrected chi connectivity index (χ0v) is 21.9. The van der Waals surface area contributed by atoms with Gasteiger partial charge in [-0.05, 0) is 70.9 Å². The number of primary amides is 1. The largest absolute Gasteiger partial charge is 0.471 e. The van der Waals surface area contributed by atoms with Crippen molar-refractivity contribution in [1.29, 1.82) is 0 Å². The summed E-state index contributed by atoms with van der Waals surface area (Å²) in [4.78, 5) is 23.2.